The maximum atomic E-state index is 15.0. The van der Waals surface area contributed by atoms with E-state index < -0.39 is 15.9 Å². The van der Waals surface area contributed by atoms with Gasteiger partial charge in [-0.15, -0.1) is 0 Å². The van der Waals surface area contributed by atoms with Crippen molar-refractivity contribution < 1.29 is 12.8 Å². The number of hydrogen-bond donors (Lipinski definition) is 2. The second-order valence-electron chi connectivity index (χ2n) is 9.49. The number of sulfonamides is 1. The van der Waals surface area contributed by atoms with Gasteiger partial charge in [-0.3, -0.25) is 9.71 Å². The molecule has 0 radical (unpaired) electrons. The van der Waals surface area contributed by atoms with Gasteiger partial charge in [-0.25, -0.2) is 22.8 Å². The predicted octanol–water partition coefficient (Wildman–Crippen LogP) is 5.92. The molecule has 1 aliphatic carbocycles. The molecule has 194 valence electrons. The number of nitrogens with one attached hydrogen (secondary N) is 2. The van der Waals surface area contributed by atoms with E-state index in [1.54, 1.807) is 12.1 Å². The zero-order valence-electron chi connectivity index (χ0n) is 20.5. The number of rotatable bonds is 6. The van der Waals surface area contributed by atoms with Gasteiger partial charge in [0.2, 0.25) is 5.95 Å². The molecule has 2 aliphatic rings. The van der Waals surface area contributed by atoms with Crippen LogP contribution in [-0.4, -0.2) is 36.8 Å². The fraction of sp³-hybridized carbons (Fsp3) is 0.370. The quantitative estimate of drug-likeness (QED) is 0.404. The van der Waals surface area contributed by atoms with Gasteiger partial charge in [0.05, 0.1) is 17.1 Å². The maximum Gasteiger partial charge on any atom is 0.264 e. The molecular weight excluding hydrogens is 513 g/mol. The Morgan fingerprint density at radius 2 is 1.92 bits per heavy atom. The van der Waals surface area contributed by atoms with E-state index in [1.165, 1.54) is 37.5 Å². The molecular formula is C27H29ClFN5O2S. The van der Waals surface area contributed by atoms with Crippen LogP contribution < -0.4 is 10.0 Å². The Balaban J connectivity index is 1.36. The first-order valence-corrected chi connectivity index (χ1v) is 14.5. The Kier molecular flexibility index (Phi) is 7.44. The van der Waals surface area contributed by atoms with Crippen LogP contribution in [0.5, 0.6) is 0 Å². The number of halogens is 2. The van der Waals surface area contributed by atoms with Gasteiger partial charge in [0.1, 0.15) is 4.90 Å². The summed E-state index contributed by atoms with van der Waals surface area (Å²) in [5.41, 5.74) is 2.81. The Bertz CT molecular complexity index is 1490. The number of amidine groups is 1. The molecule has 1 unspecified atom stereocenters. The third-order valence-electron chi connectivity index (χ3n) is 6.91. The molecule has 1 atom stereocenters. The first kappa shape index (κ1) is 25.6. The van der Waals surface area contributed by atoms with Crippen molar-refractivity contribution in [2.24, 2.45) is 4.99 Å². The molecule has 37 heavy (non-hydrogen) atoms. The molecule has 1 aromatic heterocycles. The molecule has 2 aromatic carbocycles. The predicted molar refractivity (Wildman–Crippen MR) is 145 cm³/mol. The van der Waals surface area contributed by atoms with Crippen LogP contribution >= 0.6 is 11.6 Å². The molecule has 2 N–H and O–H groups in total. The summed E-state index contributed by atoms with van der Waals surface area (Å²) in [4.78, 5) is 13.4. The van der Waals surface area contributed by atoms with Crippen LogP contribution in [0.4, 0.5) is 10.3 Å². The molecule has 2 heterocycles. The lowest BCUT2D eigenvalue weighted by Gasteiger charge is -2.23. The van der Waals surface area contributed by atoms with E-state index in [4.69, 9.17) is 16.6 Å². The third-order valence-corrected chi connectivity index (χ3v) is 8.75. The zero-order chi connectivity index (χ0) is 26.0. The van der Waals surface area contributed by atoms with E-state index >= 15 is 4.39 Å². The Morgan fingerprint density at radius 1 is 1.14 bits per heavy atom. The molecule has 1 aliphatic heterocycles. The number of aliphatic imine (C=N–C) groups is 1. The van der Waals surface area contributed by atoms with Gasteiger partial charge in [0, 0.05) is 23.5 Å². The summed E-state index contributed by atoms with van der Waals surface area (Å²) in [6, 6.07) is 10.4. The van der Waals surface area contributed by atoms with Crippen LogP contribution in [0, 0.1) is 0 Å². The molecule has 0 bridgehead atoms. The minimum absolute atomic E-state index is 0.0521. The molecule has 5 rings (SSSR count). The highest BCUT2D eigenvalue weighted by atomic mass is 35.5. The number of aryl methyl sites for hydroxylation is 1. The molecule has 1 fully saturated rings. The van der Waals surface area contributed by atoms with E-state index in [-0.39, 0.29) is 28.2 Å². The summed E-state index contributed by atoms with van der Waals surface area (Å²) in [6.45, 7) is 2.26. The summed E-state index contributed by atoms with van der Waals surface area (Å²) in [6.07, 6.45) is 9.99. The van der Waals surface area contributed by atoms with Crippen molar-refractivity contribution in [2.45, 2.75) is 62.3 Å². The van der Waals surface area contributed by atoms with E-state index in [1.807, 2.05) is 18.3 Å². The van der Waals surface area contributed by atoms with Crippen molar-refractivity contribution in [2.75, 3.05) is 11.9 Å². The van der Waals surface area contributed by atoms with Crippen LogP contribution in [0.1, 0.15) is 56.1 Å². The first-order chi connectivity index (χ1) is 17.8. The third kappa shape index (κ3) is 5.62. The fourth-order valence-corrected chi connectivity index (χ4v) is 6.48. The Labute approximate surface area is 221 Å². The molecule has 10 heteroatoms. The molecule has 3 aromatic rings. The van der Waals surface area contributed by atoms with Crippen molar-refractivity contribution in [3.05, 3.63) is 70.6 Å². The monoisotopic (exact) mass is 541 g/mol. The Hall–Kier alpha value is -3.04. The largest absolute Gasteiger partial charge is 0.351 e. The minimum Gasteiger partial charge on any atom is -0.351 e. The number of dihydropyridines is 1. The number of benzene rings is 2. The van der Waals surface area contributed by atoms with Crippen LogP contribution in [0.15, 0.2) is 64.4 Å². The van der Waals surface area contributed by atoms with E-state index in [0.29, 0.717) is 12.0 Å². The van der Waals surface area contributed by atoms with Crippen LogP contribution in [0.25, 0.3) is 10.9 Å². The van der Waals surface area contributed by atoms with Crippen molar-refractivity contribution in [3.8, 4) is 0 Å². The lowest BCUT2D eigenvalue weighted by atomic mass is 9.93. The highest BCUT2D eigenvalue weighted by Crippen LogP contribution is 2.30. The van der Waals surface area contributed by atoms with Gasteiger partial charge >= 0.3 is 0 Å². The molecule has 7 nitrogen and oxygen atoms in total. The minimum atomic E-state index is -4.08. The standard InChI is InChI=1S/C27H29ClFN5O2S/c1-2-17-12-18(13-20-16-31-27(33-25(17)20)32-21-8-4-3-5-9-21)19-14-23(29)26(30-15-19)34-37(35,36)24-11-7-6-10-22(24)28/h6-7,10-14,16,19,21H,2-5,8-9,15H2,1H3,(H,30,34)(H,31,32,33). The summed E-state index contributed by atoms with van der Waals surface area (Å²) in [5, 5.41) is 4.42. The number of anilines is 1. The number of fused-ring (bicyclic) bond motifs is 1. The van der Waals surface area contributed by atoms with Crippen molar-refractivity contribution in [1.29, 1.82) is 0 Å². The molecule has 0 spiro atoms. The van der Waals surface area contributed by atoms with Crippen molar-refractivity contribution >= 4 is 44.3 Å². The second kappa shape index (κ2) is 10.8. The van der Waals surface area contributed by atoms with Crippen LogP contribution in [0.3, 0.4) is 0 Å². The maximum absolute atomic E-state index is 15.0. The van der Waals surface area contributed by atoms with E-state index in [9.17, 15) is 8.42 Å². The lowest BCUT2D eigenvalue weighted by molar-refractivity contribution is 0.461. The van der Waals surface area contributed by atoms with Gasteiger partial charge in [0.25, 0.3) is 10.0 Å². The van der Waals surface area contributed by atoms with Gasteiger partial charge in [-0.2, -0.15) is 0 Å². The van der Waals surface area contributed by atoms with E-state index in [2.05, 4.69) is 26.9 Å². The first-order valence-electron chi connectivity index (χ1n) is 12.6. The van der Waals surface area contributed by atoms with Crippen molar-refractivity contribution in [3.63, 3.8) is 0 Å². The molecule has 1 saturated carbocycles. The smallest absolute Gasteiger partial charge is 0.264 e. The lowest BCUT2D eigenvalue weighted by Crippen LogP contribution is -2.33. The van der Waals surface area contributed by atoms with Gasteiger partial charge in [0.15, 0.2) is 11.7 Å². The Morgan fingerprint density at radius 3 is 2.65 bits per heavy atom. The fourth-order valence-electron chi connectivity index (χ4n) is 4.93. The van der Waals surface area contributed by atoms with Gasteiger partial charge in [-0.1, -0.05) is 56.0 Å². The average Bonchev–Trinajstić information content (AvgIpc) is 2.90. The topological polar surface area (TPSA) is 96.3 Å². The van der Waals surface area contributed by atoms with Crippen molar-refractivity contribution in [1.82, 2.24) is 14.7 Å². The SMILES string of the molecule is CCc1cc(C2C=C(F)C(NS(=O)(=O)c3ccccc3Cl)=NC2)cc2cnc(NC3CCCCC3)nc12. The average molecular weight is 542 g/mol. The number of nitrogens with zero attached hydrogens (tertiary/aromatic N) is 3. The van der Waals surface area contributed by atoms with Crippen LogP contribution in [0.2, 0.25) is 5.02 Å². The number of hydrogen-bond acceptors (Lipinski definition) is 6. The highest BCUT2D eigenvalue weighted by molar-refractivity contribution is 7.90. The van der Waals surface area contributed by atoms with Crippen LogP contribution in [-0.2, 0) is 16.4 Å². The number of aromatic nitrogens is 2. The zero-order valence-corrected chi connectivity index (χ0v) is 22.1. The van der Waals surface area contributed by atoms with E-state index in [0.717, 1.165) is 41.3 Å². The van der Waals surface area contributed by atoms with Gasteiger partial charge in [-0.05, 0) is 54.7 Å². The molecule has 0 amide bonds. The summed E-state index contributed by atoms with van der Waals surface area (Å²) >= 11 is 6.02. The summed E-state index contributed by atoms with van der Waals surface area (Å²) in [5.74, 6) is -0.753. The summed E-state index contributed by atoms with van der Waals surface area (Å²) < 4.78 is 42.7. The van der Waals surface area contributed by atoms with Gasteiger partial charge < -0.3 is 5.32 Å². The molecule has 0 saturated heterocycles. The highest BCUT2D eigenvalue weighted by Gasteiger charge is 2.26. The second-order valence-corrected chi connectivity index (χ2v) is 11.5. The summed E-state index contributed by atoms with van der Waals surface area (Å²) in [7, 11) is -4.08. The normalized spacial score (nSPS) is 18.8.